The van der Waals surface area contributed by atoms with Crippen LogP contribution in [-0.2, 0) is 25.7 Å². The summed E-state index contributed by atoms with van der Waals surface area (Å²) >= 11 is 0. The molecule has 1 aromatic carbocycles. The van der Waals surface area contributed by atoms with Gasteiger partial charge in [0.15, 0.2) is 6.61 Å². The van der Waals surface area contributed by atoms with Crippen LogP contribution in [0.25, 0.3) is 0 Å². The van der Waals surface area contributed by atoms with Crippen molar-refractivity contribution in [3.05, 3.63) is 35.4 Å². The van der Waals surface area contributed by atoms with E-state index < -0.39 is 18.5 Å². The Balaban J connectivity index is 2.53. The largest absolute Gasteiger partial charge is 0.452 e. The number of nitrogens with one attached hydrogen (secondary N) is 1. The lowest BCUT2D eigenvalue weighted by Gasteiger charge is -2.16. The third-order valence-electron chi connectivity index (χ3n) is 2.89. The number of rotatable bonds is 7. The van der Waals surface area contributed by atoms with E-state index in [1.807, 2.05) is 6.07 Å². The van der Waals surface area contributed by atoms with Gasteiger partial charge in [-0.1, -0.05) is 12.1 Å². The van der Waals surface area contributed by atoms with Crippen LogP contribution in [0.1, 0.15) is 15.9 Å². The van der Waals surface area contributed by atoms with Gasteiger partial charge in [-0.2, -0.15) is 0 Å². The zero-order valence-corrected chi connectivity index (χ0v) is 12.9. The van der Waals surface area contributed by atoms with Gasteiger partial charge in [0.05, 0.1) is 18.7 Å². The van der Waals surface area contributed by atoms with E-state index in [0.29, 0.717) is 12.2 Å². The Bertz CT molecular complexity index is 544. The molecule has 7 heteroatoms. The average Bonchev–Trinajstić information content (AvgIpc) is 2.52. The molecule has 22 heavy (non-hydrogen) atoms. The number of nitrogens with zero attached hydrogens (tertiary/aromatic N) is 1. The fraction of sp³-hybridized carbons (Fsp3) is 0.400. The second-order valence-electron chi connectivity index (χ2n) is 4.63. The molecule has 1 rings (SSSR count). The zero-order chi connectivity index (χ0) is 16.5. The lowest BCUT2D eigenvalue weighted by atomic mass is 10.1. The third-order valence-corrected chi connectivity index (χ3v) is 2.89. The van der Waals surface area contributed by atoms with Gasteiger partial charge >= 0.3 is 5.97 Å². The average molecular weight is 308 g/mol. The third kappa shape index (κ3) is 5.53. The summed E-state index contributed by atoms with van der Waals surface area (Å²) in [6.07, 6.45) is 0. The minimum Gasteiger partial charge on any atom is -0.452 e. The summed E-state index contributed by atoms with van der Waals surface area (Å²) in [5.41, 5.74) is 1.18. The maximum absolute atomic E-state index is 11.9. The Hall–Kier alpha value is -2.41. The Morgan fingerprint density at radius 3 is 2.64 bits per heavy atom. The molecule has 0 aliphatic heterocycles. The van der Waals surface area contributed by atoms with Crippen molar-refractivity contribution < 1.29 is 23.9 Å². The van der Waals surface area contributed by atoms with Crippen LogP contribution >= 0.6 is 0 Å². The molecule has 0 fully saturated rings. The molecule has 0 bridgehead atoms. The van der Waals surface area contributed by atoms with E-state index in [4.69, 9.17) is 9.47 Å². The van der Waals surface area contributed by atoms with Crippen LogP contribution < -0.4 is 5.32 Å². The highest BCUT2D eigenvalue weighted by Crippen LogP contribution is 2.08. The number of amides is 2. The molecule has 0 aliphatic carbocycles. The molecule has 0 unspecified atom stereocenters. The first-order valence-corrected chi connectivity index (χ1v) is 6.67. The predicted octanol–water partition coefficient (Wildman–Crippen LogP) is 0.194. The highest BCUT2D eigenvalue weighted by Gasteiger charge is 2.15. The lowest BCUT2D eigenvalue weighted by Crippen LogP contribution is -2.39. The highest BCUT2D eigenvalue weighted by molar-refractivity contribution is 5.92. The normalized spacial score (nSPS) is 9.95. The van der Waals surface area contributed by atoms with Gasteiger partial charge in [0, 0.05) is 21.2 Å². The molecule has 7 nitrogen and oxygen atoms in total. The molecule has 0 radical (unpaired) electrons. The molecule has 0 aromatic heterocycles. The van der Waals surface area contributed by atoms with Crippen molar-refractivity contribution in [1.82, 2.24) is 10.2 Å². The molecule has 0 heterocycles. The van der Waals surface area contributed by atoms with Crippen LogP contribution in [-0.4, -0.2) is 57.0 Å². The number of esters is 1. The molecule has 0 aliphatic rings. The van der Waals surface area contributed by atoms with E-state index in [-0.39, 0.29) is 12.5 Å². The molecule has 120 valence electrons. The monoisotopic (exact) mass is 308 g/mol. The second-order valence-corrected chi connectivity index (χ2v) is 4.63. The van der Waals surface area contributed by atoms with Crippen molar-refractivity contribution >= 4 is 17.8 Å². The van der Waals surface area contributed by atoms with Crippen molar-refractivity contribution in [2.24, 2.45) is 0 Å². The van der Waals surface area contributed by atoms with Gasteiger partial charge in [0.25, 0.3) is 5.91 Å². The van der Waals surface area contributed by atoms with E-state index in [1.165, 1.54) is 19.0 Å². The second kappa shape index (κ2) is 8.78. The molecule has 0 saturated heterocycles. The lowest BCUT2D eigenvalue weighted by molar-refractivity contribution is -0.137. The molecule has 0 atom stereocenters. The molecule has 1 N–H and O–H groups in total. The predicted molar refractivity (Wildman–Crippen MR) is 79.1 cm³/mol. The summed E-state index contributed by atoms with van der Waals surface area (Å²) in [4.78, 5) is 36.0. The molecule has 0 spiro atoms. The number of hydrogen-bond donors (Lipinski definition) is 1. The fourth-order valence-electron chi connectivity index (χ4n) is 1.66. The summed E-state index contributed by atoms with van der Waals surface area (Å²) in [6, 6.07) is 6.78. The van der Waals surface area contributed by atoms with E-state index in [2.05, 4.69) is 5.32 Å². The van der Waals surface area contributed by atoms with E-state index in [9.17, 15) is 14.4 Å². The van der Waals surface area contributed by atoms with Gasteiger partial charge < -0.3 is 19.7 Å². The summed E-state index contributed by atoms with van der Waals surface area (Å²) in [7, 11) is 4.50. The minimum atomic E-state index is -0.598. The van der Waals surface area contributed by atoms with Gasteiger partial charge in [0.2, 0.25) is 5.91 Å². The number of carbonyl (C=O) groups excluding carboxylic acids is 3. The zero-order valence-electron chi connectivity index (χ0n) is 12.9. The van der Waals surface area contributed by atoms with E-state index in [1.54, 1.807) is 25.3 Å². The summed E-state index contributed by atoms with van der Waals surface area (Å²) in [5.74, 6) is -1.35. The molecule has 0 saturated carbocycles. The maximum Gasteiger partial charge on any atom is 0.338 e. The van der Waals surface area contributed by atoms with Crippen LogP contribution in [0, 0.1) is 0 Å². The van der Waals surface area contributed by atoms with Crippen LogP contribution in [0.15, 0.2) is 24.3 Å². The first-order chi connectivity index (χ1) is 10.5. The standard InChI is InChI=1S/C15H20N2O5/c1-16-13(18)8-17(2)14(19)10-22-15(20)12-6-4-5-11(7-12)9-21-3/h4-7H,8-10H2,1-3H3,(H,16,18). The van der Waals surface area contributed by atoms with Crippen molar-refractivity contribution in [2.45, 2.75) is 6.61 Å². The SMILES string of the molecule is CNC(=O)CN(C)C(=O)COC(=O)c1cccc(COC)c1. The van der Waals surface area contributed by atoms with Gasteiger partial charge in [-0.3, -0.25) is 9.59 Å². The van der Waals surface area contributed by atoms with Crippen molar-refractivity contribution in [3.8, 4) is 0 Å². The Morgan fingerprint density at radius 2 is 2.00 bits per heavy atom. The first kappa shape index (κ1) is 17.6. The Kier molecular flexibility index (Phi) is 7.04. The maximum atomic E-state index is 11.9. The van der Waals surface area contributed by atoms with Gasteiger partial charge in [-0.15, -0.1) is 0 Å². The molecular formula is C15H20N2O5. The summed E-state index contributed by atoms with van der Waals surface area (Å²) < 4.78 is 9.95. The Morgan fingerprint density at radius 1 is 1.27 bits per heavy atom. The van der Waals surface area contributed by atoms with Crippen LogP contribution in [0.2, 0.25) is 0 Å². The first-order valence-electron chi connectivity index (χ1n) is 6.67. The molecular weight excluding hydrogens is 288 g/mol. The molecule has 2 amide bonds. The van der Waals surface area contributed by atoms with Gasteiger partial charge in [-0.25, -0.2) is 4.79 Å². The number of hydrogen-bond acceptors (Lipinski definition) is 5. The highest BCUT2D eigenvalue weighted by atomic mass is 16.5. The van der Waals surface area contributed by atoms with E-state index in [0.717, 1.165) is 5.56 Å². The van der Waals surface area contributed by atoms with Crippen molar-refractivity contribution in [2.75, 3.05) is 34.4 Å². The fourth-order valence-corrected chi connectivity index (χ4v) is 1.66. The Labute approximate surface area is 129 Å². The number of carbonyl (C=O) groups is 3. The number of benzene rings is 1. The van der Waals surface area contributed by atoms with Crippen LogP contribution in [0.4, 0.5) is 0 Å². The number of ether oxygens (including phenoxy) is 2. The quantitative estimate of drug-likeness (QED) is 0.727. The van der Waals surface area contributed by atoms with Gasteiger partial charge in [0.1, 0.15) is 0 Å². The summed E-state index contributed by atoms with van der Waals surface area (Å²) in [5, 5.41) is 2.41. The minimum absolute atomic E-state index is 0.0871. The van der Waals surface area contributed by atoms with E-state index >= 15 is 0 Å². The van der Waals surface area contributed by atoms with Crippen molar-refractivity contribution in [1.29, 1.82) is 0 Å². The summed E-state index contributed by atoms with van der Waals surface area (Å²) in [6.45, 7) is -0.119. The van der Waals surface area contributed by atoms with Gasteiger partial charge in [-0.05, 0) is 17.7 Å². The van der Waals surface area contributed by atoms with Crippen molar-refractivity contribution in [3.63, 3.8) is 0 Å². The number of likely N-dealkylation sites (N-methyl/N-ethyl adjacent to an activating group) is 2. The van der Waals surface area contributed by atoms with Crippen LogP contribution in [0.5, 0.6) is 0 Å². The molecule has 1 aromatic rings. The van der Waals surface area contributed by atoms with Crippen LogP contribution in [0.3, 0.4) is 0 Å². The topological polar surface area (TPSA) is 84.9 Å². The number of methoxy groups -OCH3 is 1. The smallest absolute Gasteiger partial charge is 0.338 e.